The van der Waals surface area contributed by atoms with Gasteiger partial charge in [-0.3, -0.25) is 4.79 Å². The van der Waals surface area contributed by atoms with E-state index in [0.717, 1.165) is 0 Å². The number of carboxylic acids is 1. The molecular formula is C10H11NO4. The second kappa shape index (κ2) is 4.10. The number of nitrogens with two attached hydrogens (primary N) is 1. The number of nitrogen functional groups attached to an aromatic ring is 1. The lowest BCUT2D eigenvalue weighted by Gasteiger charge is -2.09. The molecule has 1 rings (SSSR count). The molecule has 80 valence electrons. The van der Waals surface area contributed by atoms with Crippen LogP contribution in [0.1, 0.15) is 27.6 Å². The largest absolute Gasteiger partial charge is 0.478 e. The Labute approximate surface area is 86.1 Å². The van der Waals surface area contributed by atoms with Gasteiger partial charge in [0.05, 0.1) is 11.1 Å². The van der Waals surface area contributed by atoms with E-state index in [0.29, 0.717) is 0 Å². The Morgan fingerprint density at radius 1 is 1.40 bits per heavy atom. The molecule has 5 heteroatoms. The highest BCUT2D eigenvalue weighted by Crippen LogP contribution is 2.19. The lowest BCUT2D eigenvalue weighted by atomic mass is 9.99. The summed E-state index contributed by atoms with van der Waals surface area (Å²) in [5, 5.41) is 17.9. The number of rotatable bonds is 3. The SMILES string of the molecule is CC(O)C(=O)c1c(N)cccc1C(=O)O. The predicted octanol–water partition coefficient (Wildman–Crippen LogP) is 0.530. The molecule has 0 aromatic heterocycles. The summed E-state index contributed by atoms with van der Waals surface area (Å²) in [4.78, 5) is 22.3. The molecule has 0 spiro atoms. The van der Waals surface area contributed by atoms with Crippen molar-refractivity contribution < 1.29 is 19.8 Å². The van der Waals surface area contributed by atoms with Crippen molar-refractivity contribution in [2.24, 2.45) is 0 Å². The van der Waals surface area contributed by atoms with Crippen LogP contribution in [-0.4, -0.2) is 28.1 Å². The smallest absolute Gasteiger partial charge is 0.336 e. The number of aliphatic hydroxyl groups excluding tert-OH is 1. The Bertz CT molecular complexity index is 412. The van der Waals surface area contributed by atoms with E-state index in [9.17, 15) is 9.59 Å². The van der Waals surface area contributed by atoms with Gasteiger partial charge in [0.25, 0.3) is 0 Å². The third-order valence-electron chi connectivity index (χ3n) is 1.95. The van der Waals surface area contributed by atoms with Crippen molar-refractivity contribution in [1.82, 2.24) is 0 Å². The van der Waals surface area contributed by atoms with Gasteiger partial charge in [-0.25, -0.2) is 4.79 Å². The van der Waals surface area contributed by atoms with Crippen LogP contribution >= 0.6 is 0 Å². The lowest BCUT2D eigenvalue weighted by molar-refractivity contribution is 0.0682. The van der Waals surface area contributed by atoms with Crippen molar-refractivity contribution in [3.8, 4) is 0 Å². The molecule has 0 aliphatic rings. The zero-order valence-corrected chi connectivity index (χ0v) is 8.10. The number of anilines is 1. The molecule has 0 saturated carbocycles. The number of benzene rings is 1. The summed E-state index contributed by atoms with van der Waals surface area (Å²) in [7, 11) is 0. The summed E-state index contributed by atoms with van der Waals surface area (Å²) >= 11 is 0. The first-order valence-corrected chi connectivity index (χ1v) is 4.29. The zero-order valence-electron chi connectivity index (χ0n) is 8.10. The summed E-state index contributed by atoms with van der Waals surface area (Å²) in [5.74, 6) is -1.93. The average Bonchev–Trinajstić information content (AvgIpc) is 2.16. The summed E-state index contributed by atoms with van der Waals surface area (Å²) in [6.45, 7) is 1.26. The van der Waals surface area contributed by atoms with Gasteiger partial charge in [0.2, 0.25) is 0 Å². The van der Waals surface area contributed by atoms with E-state index in [4.69, 9.17) is 15.9 Å². The Balaban J connectivity index is 3.37. The van der Waals surface area contributed by atoms with Crippen LogP contribution in [-0.2, 0) is 0 Å². The molecule has 4 N–H and O–H groups in total. The van der Waals surface area contributed by atoms with Gasteiger partial charge >= 0.3 is 5.97 Å². The Hall–Kier alpha value is -1.88. The number of aliphatic hydroxyl groups is 1. The van der Waals surface area contributed by atoms with E-state index in [1.807, 2.05) is 0 Å². The molecule has 1 unspecified atom stereocenters. The molecular weight excluding hydrogens is 198 g/mol. The monoisotopic (exact) mass is 209 g/mol. The topological polar surface area (TPSA) is 101 Å². The van der Waals surface area contributed by atoms with Crippen LogP contribution in [0.3, 0.4) is 0 Å². The van der Waals surface area contributed by atoms with Crippen molar-refractivity contribution in [3.63, 3.8) is 0 Å². The summed E-state index contributed by atoms with van der Waals surface area (Å²) in [6.07, 6.45) is -1.27. The van der Waals surface area contributed by atoms with Gasteiger partial charge in [0, 0.05) is 5.69 Å². The van der Waals surface area contributed by atoms with Crippen molar-refractivity contribution in [2.75, 3.05) is 5.73 Å². The number of carbonyl (C=O) groups is 2. The lowest BCUT2D eigenvalue weighted by Crippen LogP contribution is -2.21. The van der Waals surface area contributed by atoms with Crippen LogP contribution in [0.4, 0.5) is 5.69 Å². The fourth-order valence-electron chi connectivity index (χ4n) is 1.23. The van der Waals surface area contributed by atoms with Crippen LogP contribution in [0.2, 0.25) is 0 Å². The first-order chi connectivity index (χ1) is 6.95. The van der Waals surface area contributed by atoms with Gasteiger partial charge < -0.3 is 15.9 Å². The van der Waals surface area contributed by atoms with E-state index < -0.39 is 17.9 Å². The number of Topliss-reactive ketones (excluding diaryl/α,β-unsaturated/α-hetero) is 1. The molecule has 15 heavy (non-hydrogen) atoms. The normalized spacial score (nSPS) is 12.1. The number of carboxylic acid groups (broad SMARTS) is 1. The highest BCUT2D eigenvalue weighted by Gasteiger charge is 2.22. The van der Waals surface area contributed by atoms with E-state index in [-0.39, 0.29) is 16.8 Å². The summed E-state index contributed by atoms with van der Waals surface area (Å²) < 4.78 is 0. The number of hydrogen-bond donors (Lipinski definition) is 3. The van der Waals surface area contributed by atoms with Crippen molar-refractivity contribution in [2.45, 2.75) is 13.0 Å². The van der Waals surface area contributed by atoms with Gasteiger partial charge in [-0.1, -0.05) is 6.07 Å². The standard InChI is InChI=1S/C10H11NO4/c1-5(12)9(13)8-6(10(14)15)3-2-4-7(8)11/h2-5,12H,11H2,1H3,(H,14,15). The van der Waals surface area contributed by atoms with E-state index >= 15 is 0 Å². The maximum absolute atomic E-state index is 11.5. The highest BCUT2D eigenvalue weighted by atomic mass is 16.4. The molecule has 0 heterocycles. The van der Waals surface area contributed by atoms with E-state index in [1.165, 1.54) is 25.1 Å². The molecule has 0 saturated heterocycles. The molecule has 0 fully saturated rings. The quantitative estimate of drug-likeness (QED) is 0.498. The van der Waals surface area contributed by atoms with Crippen LogP contribution in [0.15, 0.2) is 18.2 Å². The van der Waals surface area contributed by atoms with Gasteiger partial charge in [-0.2, -0.15) is 0 Å². The van der Waals surface area contributed by atoms with Gasteiger partial charge in [0.15, 0.2) is 5.78 Å². The Morgan fingerprint density at radius 3 is 2.47 bits per heavy atom. The molecule has 0 amide bonds. The molecule has 0 aliphatic heterocycles. The molecule has 1 atom stereocenters. The predicted molar refractivity (Wildman–Crippen MR) is 53.8 cm³/mol. The zero-order chi connectivity index (χ0) is 11.6. The van der Waals surface area contributed by atoms with Gasteiger partial charge in [0.1, 0.15) is 6.10 Å². The van der Waals surface area contributed by atoms with Gasteiger partial charge in [-0.05, 0) is 19.1 Å². The molecule has 0 bridgehead atoms. The highest BCUT2D eigenvalue weighted by molar-refractivity contribution is 6.11. The van der Waals surface area contributed by atoms with Crippen LogP contribution in [0.5, 0.6) is 0 Å². The van der Waals surface area contributed by atoms with E-state index in [1.54, 1.807) is 0 Å². The fraction of sp³-hybridized carbons (Fsp3) is 0.200. The van der Waals surface area contributed by atoms with Crippen molar-refractivity contribution in [1.29, 1.82) is 0 Å². The summed E-state index contributed by atoms with van der Waals surface area (Å²) in [5.41, 5.74) is 5.23. The number of hydrogen-bond acceptors (Lipinski definition) is 4. The Kier molecular flexibility index (Phi) is 3.06. The number of ketones is 1. The maximum atomic E-state index is 11.5. The van der Waals surface area contributed by atoms with E-state index in [2.05, 4.69) is 0 Å². The molecule has 0 radical (unpaired) electrons. The fourth-order valence-corrected chi connectivity index (χ4v) is 1.23. The second-order valence-electron chi connectivity index (χ2n) is 3.12. The van der Waals surface area contributed by atoms with Crippen LogP contribution < -0.4 is 5.73 Å². The molecule has 1 aromatic rings. The molecule has 0 aliphatic carbocycles. The average molecular weight is 209 g/mol. The summed E-state index contributed by atoms with van der Waals surface area (Å²) in [6, 6.07) is 4.13. The minimum Gasteiger partial charge on any atom is -0.478 e. The van der Waals surface area contributed by atoms with Crippen LogP contribution in [0, 0.1) is 0 Å². The minimum absolute atomic E-state index is 0.0563. The minimum atomic E-state index is -1.27. The Morgan fingerprint density at radius 2 is 2.00 bits per heavy atom. The van der Waals surface area contributed by atoms with Crippen molar-refractivity contribution >= 4 is 17.4 Å². The maximum Gasteiger partial charge on any atom is 0.336 e. The number of carbonyl (C=O) groups excluding carboxylic acids is 1. The van der Waals surface area contributed by atoms with Crippen LogP contribution in [0.25, 0.3) is 0 Å². The third kappa shape index (κ3) is 2.13. The molecule has 1 aromatic carbocycles. The first-order valence-electron chi connectivity index (χ1n) is 4.29. The molecule has 5 nitrogen and oxygen atoms in total. The first kappa shape index (κ1) is 11.2. The third-order valence-corrected chi connectivity index (χ3v) is 1.95. The second-order valence-corrected chi connectivity index (χ2v) is 3.12. The van der Waals surface area contributed by atoms with Gasteiger partial charge in [-0.15, -0.1) is 0 Å². The van der Waals surface area contributed by atoms with Crippen molar-refractivity contribution in [3.05, 3.63) is 29.3 Å². The number of aromatic carboxylic acids is 1.